The molecule has 0 fully saturated rings. The third-order valence-corrected chi connectivity index (χ3v) is 3.81. The molecule has 0 radical (unpaired) electrons. The number of para-hydroxylation sites is 1. The molecule has 2 rings (SSSR count). The Kier molecular flexibility index (Phi) is 8.12. The van der Waals surface area contributed by atoms with Gasteiger partial charge >= 0.3 is 0 Å². The van der Waals surface area contributed by atoms with Crippen molar-refractivity contribution in [2.24, 2.45) is 4.99 Å². The quantitative estimate of drug-likeness (QED) is 0.578. The van der Waals surface area contributed by atoms with Gasteiger partial charge in [0.25, 0.3) is 0 Å². The summed E-state index contributed by atoms with van der Waals surface area (Å²) in [5.74, 6) is 0.664. The summed E-state index contributed by atoms with van der Waals surface area (Å²) in [5.41, 5.74) is 0.948. The number of nitrogens with zero attached hydrogens (tertiary/aromatic N) is 3. The van der Waals surface area contributed by atoms with Crippen molar-refractivity contribution in [2.45, 2.75) is 39.5 Å². The highest BCUT2D eigenvalue weighted by Crippen LogP contribution is 2.14. The Balaban J connectivity index is 2.25. The maximum absolute atomic E-state index is 5.93. The molecular weight excluding hydrogens is 332 g/mol. The van der Waals surface area contributed by atoms with Gasteiger partial charge in [0.2, 0.25) is 5.88 Å². The molecule has 134 valence electrons. The second-order valence-corrected chi connectivity index (χ2v) is 6.09. The average Bonchev–Trinajstić information content (AvgIpc) is 2.63. The molecule has 0 aliphatic heterocycles. The smallest absolute Gasteiger partial charge is 0.217 e. The number of thiocarbonyl (C=S) groups is 1. The molecular formula is C19H26N4OS. The van der Waals surface area contributed by atoms with Crippen LogP contribution < -0.4 is 15.4 Å². The number of hydrogen-bond acceptors (Lipinski definition) is 3. The van der Waals surface area contributed by atoms with Crippen molar-refractivity contribution in [1.29, 1.82) is 0 Å². The largest absolute Gasteiger partial charge is 0.478 e. The highest BCUT2D eigenvalue weighted by atomic mass is 32.1. The van der Waals surface area contributed by atoms with Gasteiger partial charge in [-0.2, -0.15) is 5.10 Å². The van der Waals surface area contributed by atoms with Gasteiger partial charge in [-0.25, -0.2) is 9.67 Å². The Hall–Kier alpha value is -2.21. The van der Waals surface area contributed by atoms with Gasteiger partial charge in [0.15, 0.2) is 5.11 Å². The monoisotopic (exact) mass is 358 g/mol. The fraction of sp³-hybridized carbons (Fsp3) is 0.421. The lowest BCUT2D eigenvalue weighted by Gasteiger charge is -2.13. The maximum Gasteiger partial charge on any atom is 0.217 e. The molecule has 0 saturated heterocycles. The van der Waals surface area contributed by atoms with Crippen LogP contribution in [0.15, 0.2) is 47.6 Å². The van der Waals surface area contributed by atoms with Crippen LogP contribution in [0.25, 0.3) is 5.69 Å². The Bertz CT molecular complexity index is 728. The fourth-order valence-corrected chi connectivity index (χ4v) is 2.38. The summed E-state index contributed by atoms with van der Waals surface area (Å²) in [6, 6.07) is 11.8. The van der Waals surface area contributed by atoms with Gasteiger partial charge in [-0.1, -0.05) is 44.9 Å². The highest BCUT2D eigenvalue weighted by Gasteiger charge is 2.05. The Labute approximate surface area is 154 Å². The minimum absolute atomic E-state index is 0.479. The fourth-order valence-electron chi connectivity index (χ4n) is 2.18. The molecule has 0 atom stereocenters. The molecule has 5 nitrogen and oxygen atoms in total. The van der Waals surface area contributed by atoms with E-state index in [4.69, 9.17) is 17.0 Å². The maximum atomic E-state index is 5.93. The lowest BCUT2D eigenvalue weighted by Crippen LogP contribution is -2.23. The normalized spacial score (nSPS) is 11.4. The van der Waals surface area contributed by atoms with Gasteiger partial charge in [0, 0.05) is 12.6 Å². The third kappa shape index (κ3) is 6.31. The first-order chi connectivity index (χ1) is 12.2. The molecule has 1 aromatic carbocycles. The van der Waals surface area contributed by atoms with E-state index in [1.807, 2.05) is 36.4 Å². The Morgan fingerprint density at radius 2 is 1.96 bits per heavy atom. The zero-order valence-corrected chi connectivity index (χ0v) is 15.8. The number of rotatable bonds is 8. The van der Waals surface area contributed by atoms with Crippen LogP contribution in [-0.2, 0) is 0 Å². The summed E-state index contributed by atoms with van der Waals surface area (Å²) in [6.45, 7) is 5.76. The van der Waals surface area contributed by atoms with E-state index in [0.29, 0.717) is 23.0 Å². The number of unbranched alkanes of at least 4 members (excludes halogenated alkanes) is 2. The van der Waals surface area contributed by atoms with E-state index in [2.05, 4.69) is 29.3 Å². The Morgan fingerprint density at radius 3 is 2.68 bits per heavy atom. The summed E-state index contributed by atoms with van der Waals surface area (Å²) in [5, 5.41) is 8.79. The van der Waals surface area contributed by atoms with Gasteiger partial charge in [0.05, 0.1) is 23.8 Å². The third-order valence-electron chi connectivity index (χ3n) is 3.57. The second kappa shape index (κ2) is 10.6. The molecule has 0 amide bonds. The topological polar surface area (TPSA) is 51.4 Å². The molecule has 25 heavy (non-hydrogen) atoms. The van der Waals surface area contributed by atoms with E-state index in [-0.39, 0.29) is 0 Å². The van der Waals surface area contributed by atoms with Gasteiger partial charge < -0.3 is 10.1 Å². The molecule has 2 aromatic rings. The molecule has 0 aliphatic carbocycles. The zero-order valence-electron chi connectivity index (χ0n) is 14.9. The van der Waals surface area contributed by atoms with Gasteiger partial charge in [-0.05, 0) is 37.2 Å². The molecule has 0 bridgehead atoms. The first-order valence-electron chi connectivity index (χ1n) is 8.84. The van der Waals surface area contributed by atoms with Crippen molar-refractivity contribution in [1.82, 2.24) is 15.1 Å². The van der Waals surface area contributed by atoms with Crippen LogP contribution in [0.1, 0.15) is 39.5 Å². The van der Waals surface area contributed by atoms with Crippen LogP contribution in [0.4, 0.5) is 0 Å². The van der Waals surface area contributed by atoms with Crippen LogP contribution >= 0.6 is 12.2 Å². The van der Waals surface area contributed by atoms with Crippen molar-refractivity contribution in [3.63, 3.8) is 0 Å². The predicted octanol–water partition coefficient (Wildman–Crippen LogP) is 3.63. The van der Waals surface area contributed by atoms with E-state index in [9.17, 15) is 0 Å². The number of ether oxygens (including phenoxy) is 1. The van der Waals surface area contributed by atoms with Crippen molar-refractivity contribution in [3.8, 4) is 11.6 Å². The molecule has 1 heterocycles. The SMILES string of the molecule is CCCCNC(=S)N=c1cnn(-c2ccccc2)c(OCCCC)c1. The predicted molar refractivity (Wildman–Crippen MR) is 105 cm³/mol. The number of nitrogens with one attached hydrogen (secondary N) is 1. The summed E-state index contributed by atoms with van der Waals surface area (Å²) >= 11 is 5.27. The molecule has 0 spiro atoms. The molecule has 0 saturated carbocycles. The minimum atomic E-state index is 0.479. The van der Waals surface area contributed by atoms with Crippen LogP contribution in [0.3, 0.4) is 0 Å². The summed E-state index contributed by atoms with van der Waals surface area (Å²) in [6.07, 6.45) is 5.96. The van der Waals surface area contributed by atoms with E-state index in [1.54, 1.807) is 10.9 Å². The molecule has 6 heteroatoms. The van der Waals surface area contributed by atoms with Crippen LogP contribution in [0.5, 0.6) is 5.88 Å². The van der Waals surface area contributed by atoms with Crippen molar-refractivity contribution in [3.05, 3.63) is 48.0 Å². The second-order valence-electron chi connectivity index (χ2n) is 5.70. The lowest BCUT2D eigenvalue weighted by atomic mass is 10.3. The van der Waals surface area contributed by atoms with Gasteiger partial charge in [0.1, 0.15) is 0 Å². The Morgan fingerprint density at radius 1 is 1.20 bits per heavy atom. The van der Waals surface area contributed by atoms with Gasteiger partial charge in [-0.3, -0.25) is 0 Å². The first kappa shape index (κ1) is 19.1. The van der Waals surface area contributed by atoms with E-state index in [1.165, 1.54) is 0 Å². The van der Waals surface area contributed by atoms with Crippen LogP contribution in [-0.4, -0.2) is 28.0 Å². The first-order valence-corrected chi connectivity index (χ1v) is 9.25. The van der Waals surface area contributed by atoms with E-state index < -0.39 is 0 Å². The van der Waals surface area contributed by atoms with E-state index >= 15 is 0 Å². The van der Waals surface area contributed by atoms with Crippen molar-refractivity contribution < 1.29 is 4.74 Å². The summed E-state index contributed by atoms with van der Waals surface area (Å²) < 4.78 is 7.71. The summed E-state index contributed by atoms with van der Waals surface area (Å²) in [7, 11) is 0. The molecule has 1 N–H and O–H groups in total. The minimum Gasteiger partial charge on any atom is -0.478 e. The standard InChI is InChI=1S/C19H26N4OS/c1-3-5-12-20-19(25)22-16-14-18(24-13-6-4-2)23(21-15-16)17-10-8-7-9-11-17/h7-11,14-15H,3-6,12-13H2,1-2H3,(H,20,25). The lowest BCUT2D eigenvalue weighted by molar-refractivity contribution is 0.284. The molecule has 0 unspecified atom stereocenters. The van der Waals surface area contributed by atoms with Crippen molar-refractivity contribution >= 4 is 17.3 Å². The van der Waals surface area contributed by atoms with Gasteiger partial charge in [-0.15, -0.1) is 0 Å². The number of hydrogen-bond donors (Lipinski definition) is 1. The van der Waals surface area contributed by atoms with Crippen LogP contribution in [0, 0.1) is 0 Å². The number of benzene rings is 1. The van der Waals surface area contributed by atoms with Crippen molar-refractivity contribution in [2.75, 3.05) is 13.2 Å². The van der Waals surface area contributed by atoms with E-state index in [0.717, 1.165) is 37.9 Å². The van der Waals surface area contributed by atoms with Crippen LogP contribution in [0.2, 0.25) is 0 Å². The molecule has 0 aliphatic rings. The highest BCUT2D eigenvalue weighted by molar-refractivity contribution is 7.80. The number of aromatic nitrogens is 2. The summed E-state index contributed by atoms with van der Waals surface area (Å²) in [4.78, 5) is 4.42. The zero-order chi connectivity index (χ0) is 17.9. The molecule has 1 aromatic heterocycles. The average molecular weight is 359 g/mol.